The number of halogens is 4. The molecule has 0 bridgehead atoms. The van der Waals surface area contributed by atoms with Crippen molar-refractivity contribution in [1.29, 1.82) is 0 Å². The van der Waals surface area contributed by atoms with E-state index in [0.29, 0.717) is 5.02 Å². The number of fused-ring (bicyclic) bond motifs is 1. The fourth-order valence-corrected chi connectivity index (χ4v) is 4.08. The quantitative estimate of drug-likeness (QED) is 0.461. The van der Waals surface area contributed by atoms with Crippen molar-refractivity contribution in [1.82, 2.24) is 4.98 Å². The minimum atomic E-state index is -4.55. The fourth-order valence-electron chi connectivity index (χ4n) is 2.83. The van der Waals surface area contributed by atoms with Crippen molar-refractivity contribution in [2.45, 2.75) is 36.6 Å². The molecule has 0 aliphatic heterocycles. The van der Waals surface area contributed by atoms with Crippen LogP contribution in [0.1, 0.15) is 26.3 Å². The largest absolute Gasteiger partial charge is 0.507 e. The summed E-state index contributed by atoms with van der Waals surface area (Å²) >= 11 is 7.28. The number of phenols is 1. The van der Waals surface area contributed by atoms with Crippen molar-refractivity contribution < 1.29 is 18.3 Å². The van der Waals surface area contributed by atoms with E-state index >= 15 is 0 Å². The molecule has 0 saturated heterocycles. The molecular formula is C20H17ClF3NO2S. The van der Waals surface area contributed by atoms with Crippen molar-refractivity contribution in [2.75, 3.05) is 0 Å². The lowest BCUT2D eigenvalue weighted by Crippen LogP contribution is -2.16. The lowest BCUT2D eigenvalue weighted by Gasteiger charge is -2.21. The van der Waals surface area contributed by atoms with Gasteiger partial charge in [-0.05, 0) is 36.4 Å². The molecule has 28 heavy (non-hydrogen) atoms. The first-order chi connectivity index (χ1) is 12.9. The molecule has 3 rings (SSSR count). The number of nitrogens with one attached hydrogen (secondary N) is 1. The average Bonchev–Trinajstić information content (AvgIpc) is 2.55. The zero-order valence-corrected chi connectivity index (χ0v) is 16.8. The van der Waals surface area contributed by atoms with Gasteiger partial charge in [0.1, 0.15) is 5.75 Å². The molecule has 8 heteroatoms. The maximum atomic E-state index is 13.3. The van der Waals surface area contributed by atoms with Gasteiger partial charge in [-0.3, -0.25) is 4.79 Å². The maximum absolute atomic E-state index is 13.3. The minimum absolute atomic E-state index is 0.176. The SMILES string of the molecule is CC(C)(C)Sc1c(-c2cc(Cl)ccc2O)c2cc(C(F)(F)F)ccc2[nH]c1=O. The van der Waals surface area contributed by atoms with Crippen LogP contribution < -0.4 is 5.56 Å². The Bertz CT molecular complexity index is 1120. The Morgan fingerprint density at radius 3 is 2.36 bits per heavy atom. The molecule has 1 aromatic heterocycles. The first kappa shape index (κ1) is 20.6. The Balaban J connectivity index is 2.48. The zero-order valence-electron chi connectivity index (χ0n) is 15.2. The average molecular weight is 428 g/mol. The maximum Gasteiger partial charge on any atom is 0.416 e. The number of benzene rings is 2. The smallest absolute Gasteiger partial charge is 0.416 e. The third kappa shape index (κ3) is 4.15. The molecule has 0 atom stereocenters. The van der Waals surface area contributed by atoms with E-state index in [1.165, 1.54) is 36.0 Å². The number of aromatic nitrogens is 1. The van der Waals surface area contributed by atoms with Gasteiger partial charge in [0, 0.05) is 31.8 Å². The van der Waals surface area contributed by atoms with Crippen molar-refractivity contribution >= 4 is 34.3 Å². The van der Waals surface area contributed by atoms with Crippen LogP contribution in [0.3, 0.4) is 0 Å². The van der Waals surface area contributed by atoms with Crippen LogP contribution in [0.2, 0.25) is 5.02 Å². The highest BCUT2D eigenvalue weighted by Crippen LogP contribution is 2.44. The highest BCUT2D eigenvalue weighted by molar-refractivity contribution is 8.00. The van der Waals surface area contributed by atoms with E-state index in [1.54, 1.807) is 0 Å². The van der Waals surface area contributed by atoms with Gasteiger partial charge in [-0.15, -0.1) is 11.8 Å². The Morgan fingerprint density at radius 1 is 1.07 bits per heavy atom. The van der Waals surface area contributed by atoms with Crippen LogP contribution in [-0.2, 0) is 6.18 Å². The number of hydrogen-bond donors (Lipinski definition) is 2. The van der Waals surface area contributed by atoms with E-state index in [4.69, 9.17) is 11.6 Å². The molecule has 2 N–H and O–H groups in total. The number of rotatable bonds is 2. The van der Waals surface area contributed by atoms with Crippen LogP contribution in [0.5, 0.6) is 5.75 Å². The second-order valence-corrected chi connectivity index (χ2v) is 9.57. The van der Waals surface area contributed by atoms with Crippen LogP contribution >= 0.6 is 23.4 Å². The highest BCUT2D eigenvalue weighted by atomic mass is 35.5. The molecule has 0 fully saturated rings. The van der Waals surface area contributed by atoms with Crippen molar-refractivity contribution in [3.63, 3.8) is 0 Å². The Hall–Kier alpha value is -2.12. The van der Waals surface area contributed by atoms with Crippen LogP contribution in [0.15, 0.2) is 46.1 Å². The molecule has 3 nitrogen and oxygen atoms in total. The van der Waals surface area contributed by atoms with Gasteiger partial charge in [-0.25, -0.2) is 0 Å². The fraction of sp³-hybridized carbons (Fsp3) is 0.250. The Kier molecular flexibility index (Phi) is 5.18. The van der Waals surface area contributed by atoms with Gasteiger partial charge in [0.15, 0.2) is 0 Å². The van der Waals surface area contributed by atoms with Gasteiger partial charge in [-0.1, -0.05) is 32.4 Å². The van der Waals surface area contributed by atoms with Crippen LogP contribution in [0.25, 0.3) is 22.0 Å². The predicted molar refractivity (Wildman–Crippen MR) is 107 cm³/mol. The molecule has 0 aliphatic carbocycles. The van der Waals surface area contributed by atoms with Gasteiger partial charge < -0.3 is 10.1 Å². The van der Waals surface area contributed by atoms with Crippen LogP contribution in [0, 0.1) is 0 Å². The number of pyridine rings is 1. The second kappa shape index (κ2) is 7.04. The monoisotopic (exact) mass is 427 g/mol. The van der Waals surface area contributed by atoms with E-state index in [1.807, 2.05) is 20.8 Å². The second-order valence-electron chi connectivity index (χ2n) is 7.29. The van der Waals surface area contributed by atoms with E-state index in [2.05, 4.69) is 4.98 Å². The van der Waals surface area contributed by atoms with E-state index in [9.17, 15) is 23.1 Å². The van der Waals surface area contributed by atoms with Gasteiger partial charge in [0.2, 0.25) is 0 Å². The first-order valence-corrected chi connectivity index (χ1v) is 9.51. The molecule has 0 amide bonds. The summed E-state index contributed by atoms with van der Waals surface area (Å²) in [6.07, 6.45) is -4.55. The Morgan fingerprint density at radius 2 is 1.75 bits per heavy atom. The van der Waals surface area contributed by atoms with Crippen molar-refractivity contribution in [3.8, 4) is 16.9 Å². The van der Waals surface area contributed by atoms with Gasteiger partial charge in [0.05, 0.1) is 10.5 Å². The van der Waals surface area contributed by atoms with Crippen molar-refractivity contribution in [2.24, 2.45) is 0 Å². The molecule has 0 spiro atoms. The van der Waals surface area contributed by atoms with Gasteiger partial charge in [-0.2, -0.15) is 13.2 Å². The Labute approximate surface area is 168 Å². The summed E-state index contributed by atoms with van der Waals surface area (Å²) in [7, 11) is 0. The molecule has 0 radical (unpaired) electrons. The molecular weight excluding hydrogens is 411 g/mol. The van der Waals surface area contributed by atoms with Crippen LogP contribution in [0.4, 0.5) is 13.2 Å². The van der Waals surface area contributed by atoms with Gasteiger partial charge >= 0.3 is 6.18 Å². The molecule has 0 unspecified atom stereocenters. The lowest BCUT2D eigenvalue weighted by atomic mass is 9.98. The molecule has 148 valence electrons. The van der Waals surface area contributed by atoms with E-state index in [0.717, 1.165) is 12.1 Å². The summed E-state index contributed by atoms with van der Waals surface area (Å²) in [6, 6.07) is 7.37. The molecule has 1 heterocycles. The standard InChI is InChI=1S/C20H17ClF3NO2S/c1-19(2,3)28-17-16(13-9-11(21)5-7-15(13)26)12-8-10(20(22,23)24)4-6-14(12)25-18(17)27/h4-9,26H,1-3H3,(H,25,27). The predicted octanol–water partition coefficient (Wildman–Crippen LogP) is 6.46. The molecule has 3 aromatic rings. The highest BCUT2D eigenvalue weighted by Gasteiger charge is 2.31. The number of thioether (sulfide) groups is 1. The number of hydrogen-bond acceptors (Lipinski definition) is 3. The summed E-state index contributed by atoms with van der Waals surface area (Å²) in [6.45, 7) is 5.65. The summed E-state index contributed by atoms with van der Waals surface area (Å²) < 4.78 is 39.5. The number of alkyl halides is 3. The first-order valence-electron chi connectivity index (χ1n) is 8.32. The molecule has 0 aliphatic rings. The summed E-state index contributed by atoms with van der Waals surface area (Å²) in [4.78, 5) is 15.6. The van der Waals surface area contributed by atoms with E-state index in [-0.39, 0.29) is 32.7 Å². The zero-order chi connectivity index (χ0) is 20.9. The topological polar surface area (TPSA) is 53.1 Å². The number of H-pyrrole nitrogens is 1. The molecule has 2 aromatic carbocycles. The van der Waals surface area contributed by atoms with Gasteiger partial charge in [0.25, 0.3) is 5.56 Å². The van der Waals surface area contributed by atoms with Crippen molar-refractivity contribution in [3.05, 3.63) is 57.3 Å². The van der Waals surface area contributed by atoms with E-state index < -0.39 is 22.0 Å². The number of phenolic OH excluding ortho intramolecular Hbond substituents is 1. The number of aromatic amines is 1. The normalized spacial score (nSPS) is 12.5. The third-order valence-corrected chi connectivity index (χ3v) is 5.38. The minimum Gasteiger partial charge on any atom is -0.507 e. The van der Waals surface area contributed by atoms with Crippen LogP contribution in [-0.4, -0.2) is 14.8 Å². The third-order valence-electron chi connectivity index (χ3n) is 3.93. The number of aromatic hydroxyl groups is 1. The molecule has 0 saturated carbocycles. The summed E-state index contributed by atoms with van der Waals surface area (Å²) in [5.41, 5.74) is -0.617. The summed E-state index contributed by atoms with van der Waals surface area (Å²) in [5.74, 6) is -0.176. The lowest BCUT2D eigenvalue weighted by molar-refractivity contribution is -0.137. The summed E-state index contributed by atoms with van der Waals surface area (Å²) in [5, 5.41) is 10.9.